The Balaban J connectivity index is 2.06. The number of rotatable bonds is 8. The van der Waals surface area contributed by atoms with Crippen LogP contribution in [-0.4, -0.2) is 40.0 Å². The standard InChI is InChI=1S/C17H21N3O5/c1-11(2)25-13-5-4-12(10-14(13)24-3)17(23)18-15-6-8-20(19-15)9-7-16(21)22/h4-6,8,10-11H,7,9H2,1-3H3,(H,21,22)(H,18,19,23). The summed E-state index contributed by atoms with van der Waals surface area (Å²) in [7, 11) is 1.51. The number of aromatic nitrogens is 2. The average Bonchev–Trinajstić information content (AvgIpc) is 3.00. The van der Waals surface area contributed by atoms with Crippen LogP contribution in [0.2, 0.25) is 0 Å². The molecule has 1 aromatic heterocycles. The van der Waals surface area contributed by atoms with Gasteiger partial charge in [-0.3, -0.25) is 14.3 Å². The number of hydrogen-bond acceptors (Lipinski definition) is 5. The predicted molar refractivity (Wildman–Crippen MR) is 91.2 cm³/mol. The zero-order chi connectivity index (χ0) is 18.4. The molecule has 1 aromatic carbocycles. The van der Waals surface area contributed by atoms with Crippen LogP contribution < -0.4 is 14.8 Å². The van der Waals surface area contributed by atoms with Crippen molar-refractivity contribution in [2.75, 3.05) is 12.4 Å². The van der Waals surface area contributed by atoms with Crippen molar-refractivity contribution in [3.8, 4) is 11.5 Å². The van der Waals surface area contributed by atoms with Crippen LogP contribution in [0, 0.1) is 0 Å². The number of carbonyl (C=O) groups excluding carboxylic acids is 1. The van der Waals surface area contributed by atoms with Gasteiger partial charge in [0.2, 0.25) is 0 Å². The molecule has 0 atom stereocenters. The minimum atomic E-state index is -0.906. The van der Waals surface area contributed by atoms with Gasteiger partial charge in [0.05, 0.1) is 26.2 Å². The molecule has 0 spiro atoms. The molecule has 0 aliphatic rings. The first kappa shape index (κ1) is 18.3. The Morgan fingerprint density at radius 3 is 2.68 bits per heavy atom. The van der Waals surface area contributed by atoms with E-state index in [1.165, 1.54) is 11.8 Å². The van der Waals surface area contributed by atoms with Gasteiger partial charge in [-0.05, 0) is 32.0 Å². The normalized spacial score (nSPS) is 10.6. The monoisotopic (exact) mass is 347 g/mol. The Morgan fingerprint density at radius 2 is 2.04 bits per heavy atom. The zero-order valence-electron chi connectivity index (χ0n) is 14.4. The van der Waals surface area contributed by atoms with Crippen LogP contribution in [-0.2, 0) is 11.3 Å². The third-order valence-corrected chi connectivity index (χ3v) is 3.23. The molecule has 8 nitrogen and oxygen atoms in total. The summed E-state index contributed by atoms with van der Waals surface area (Å²) in [5.41, 5.74) is 0.396. The molecule has 0 saturated carbocycles. The molecule has 1 amide bonds. The second-order valence-corrected chi connectivity index (χ2v) is 5.59. The number of aryl methyl sites for hydroxylation is 1. The summed E-state index contributed by atoms with van der Waals surface area (Å²) in [4.78, 5) is 22.9. The summed E-state index contributed by atoms with van der Waals surface area (Å²) >= 11 is 0. The Hall–Kier alpha value is -3.03. The summed E-state index contributed by atoms with van der Waals surface area (Å²) < 4.78 is 12.3. The summed E-state index contributed by atoms with van der Waals surface area (Å²) in [6.45, 7) is 4.04. The van der Waals surface area contributed by atoms with E-state index in [1.54, 1.807) is 30.5 Å². The lowest BCUT2D eigenvalue weighted by Gasteiger charge is -2.14. The Bertz CT molecular complexity index is 754. The number of carboxylic acid groups (broad SMARTS) is 1. The number of anilines is 1. The Labute approximate surface area is 145 Å². The minimum absolute atomic E-state index is 0.0108. The molecular formula is C17H21N3O5. The number of carboxylic acids is 1. The Kier molecular flexibility index (Phi) is 5.99. The van der Waals surface area contributed by atoms with E-state index in [-0.39, 0.29) is 25.0 Å². The van der Waals surface area contributed by atoms with E-state index in [9.17, 15) is 9.59 Å². The van der Waals surface area contributed by atoms with E-state index < -0.39 is 5.97 Å². The molecule has 0 aliphatic carbocycles. The molecule has 0 fully saturated rings. The fourth-order valence-corrected chi connectivity index (χ4v) is 2.11. The summed E-state index contributed by atoms with van der Waals surface area (Å²) in [5, 5.41) is 15.4. The van der Waals surface area contributed by atoms with E-state index in [4.69, 9.17) is 14.6 Å². The molecular weight excluding hydrogens is 326 g/mol. The summed E-state index contributed by atoms with van der Waals surface area (Å²) in [5.74, 6) is 0.118. The molecule has 0 unspecified atom stereocenters. The van der Waals surface area contributed by atoms with E-state index in [2.05, 4.69) is 10.4 Å². The molecule has 0 aliphatic heterocycles. The molecule has 2 rings (SSSR count). The number of nitrogens with one attached hydrogen (secondary N) is 1. The lowest BCUT2D eigenvalue weighted by Crippen LogP contribution is -2.14. The van der Waals surface area contributed by atoms with Crippen LogP contribution in [0.25, 0.3) is 0 Å². The van der Waals surface area contributed by atoms with Crippen LogP contribution in [0.15, 0.2) is 30.5 Å². The first-order valence-electron chi connectivity index (χ1n) is 7.80. The first-order chi connectivity index (χ1) is 11.9. The number of hydrogen-bond donors (Lipinski definition) is 2. The predicted octanol–water partition coefficient (Wildman–Crippen LogP) is 2.41. The number of methoxy groups -OCH3 is 1. The largest absolute Gasteiger partial charge is 0.493 e. The van der Waals surface area contributed by atoms with Crippen molar-refractivity contribution in [1.29, 1.82) is 0 Å². The first-order valence-corrected chi connectivity index (χ1v) is 7.80. The highest BCUT2D eigenvalue weighted by Gasteiger charge is 2.13. The lowest BCUT2D eigenvalue weighted by molar-refractivity contribution is -0.137. The summed E-state index contributed by atoms with van der Waals surface area (Å²) in [6, 6.07) is 6.51. The van der Waals surface area contributed by atoms with Crippen molar-refractivity contribution >= 4 is 17.7 Å². The average molecular weight is 347 g/mol. The maximum atomic E-state index is 12.3. The molecule has 2 aromatic rings. The van der Waals surface area contributed by atoms with Crippen molar-refractivity contribution in [2.24, 2.45) is 0 Å². The molecule has 0 radical (unpaired) electrons. The van der Waals surface area contributed by atoms with Crippen LogP contribution in [0.3, 0.4) is 0 Å². The van der Waals surface area contributed by atoms with Crippen LogP contribution in [0.4, 0.5) is 5.82 Å². The van der Waals surface area contributed by atoms with E-state index in [0.717, 1.165) is 0 Å². The number of benzene rings is 1. The number of amides is 1. The van der Waals surface area contributed by atoms with Crippen molar-refractivity contribution < 1.29 is 24.2 Å². The van der Waals surface area contributed by atoms with E-state index >= 15 is 0 Å². The maximum absolute atomic E-state index is 12.3. The van der Waals surface area contributed by atoms with Gasteiger partial charge < -0.3 is 19.9 Å². The molecule has 2 N–H and O–H groups in total. The van der Waals surface area contributed by atoms with Gasteiger partial charge in [-0.2, -0.15) is 5.10 Å². The SMILES string of the molecule is COc1cc(C(=O)Nc2ccn(CCC(=O)O)n2)ccc1OC(C)C. The quantitative estimate of drug-likeness (QED) is 0.760. The minimum Gasteiger partial charge on any atom is -0.493 e. The number of ether oxygens (including phenoxy) is 2. The van der Waals surface area contributed by atoms with Gasteiger partial charge in [0.1, 0.15) is 0 Å². The van der Waals surface area contributed by atoms with Crippen LogP contribution in [0.5, 0.6) is 11.5 Å². The van der Waals surface area contributed by atoms with Gasteiger partial charge in [0, 0.05) is 17.8 Å². The van der Waals surface area contributed by atoms with Crippen molar-refractivity contribution in [3.63, 3.8) is 0 Å². The summed E-state index contributed by atoms with van der Waals surface area (Å²) in [6.07, 6.45) is 1.56. The van der Waals surface area contributed by atoms with Crippen molar-refractivity contribution in [2.45, 2.75) is 32.9 Å². The van der Waals surface area contributed by atoms with Crippen molar-refractivity contribution in [3.05, 3.63) is 36.0 Å². The third-order valence-electron chi connectivity index (χ3n) is 3.23. The fraction of sp³-hybridized carbons (Fsp3) is 0.353. The lowest BCUT2D eigenvalue weighted by atomic mass is 10.2. The highest BCUT2D eigenvalue weighted by atomic mass is 16.5. The molecule has 8 heteroatoms. The molecule has 0 saturated heterocycles. The van der Waals surface area contributed by atoms with Gasteiger partial charge in [-0.15, -0.1) is 0 Å². The highest BCUT2D eigenvalue weighted by Crippen LogP contribution is 2.29. The number of aliphatic carboxylic acids is 1. The van der Waals surface area contributed by atoms with Crippen molar-refractivity contribution in [1.82, 2.24) is 9.78 Å². The zero-order valence-corrected chi connectivity index (χ0v) is 14.4. The second-order valence-electron chi connectivity index (χ2n) is 5.59. The molecule has 0 bridgehead atoms. The van der Waals surface area contributed by atoms with E-state index in [1.807, 2.05) is 13.8 Å². The van der Waals surface area contributed by atoms with Gasteiger partial charge in [0.15, 0.2) is 17.3 Å². The molecule has 1 heterocycles. The number of carbonyl (C=O) groups is 2. The van der Waals surface area contributed by atoms with Crippen LogP contribution in [0.1, 0.15) is 30.6 Å². The highest BCUT2D eigenvalue weighted by molar-refractivity contribution is 6.04. The Morgan fingerprint density at radius 1 is 1.28 bits per heavy atom. The maximum Gasteiger partial charge on any atom is 0.305 e. The smallest absolute Gasteiger partial charge is 0.305 e. The van der Waals surface area contributed by atoms with Gasteiger partial charge in [0.25, 0.3) is 5.91 Å². The van der Waals surface area contributed by atoms with Gasteiger partial charge >= 0.3 is 5.97 Å². The third kappa shape index (κ3) is 5.23. The topological polar surface area (TPSA) is 103 Å². The van der Waals surface area contributed by atoms with Gasteiger partial charge in [-0.1, -0.05) is 0 Å². The molecule has 25 heavy (non-hydrogen) atoms. The second kappa shape index (κ2) is 8.18. The van der Waals surface area contributed by atoms with Gasteiger partial charge in [-0.25, -0.2) is 0 Å². The fourth-order valence-electron chi connectivity index (χ4n) is 2.11. The van der Waals surface area contributed by atoms with E-state index in [0.29, 0.717) is 22.9 Å². The number of nitrogens with zero attached hydrogens (tertiary/aromatic N) is 2. The van der Waals surface area contributed by atoms with Crippen LogP contribution >= 0.6 is 0 Å². The molecule has 134 valence electrons.